The number of anilines is 1. The molecule has 7 heteroatoms. The highest BCUT2D eigenvalue weighted by atomic mass is 32.2. The van der Waals surface area contributed by atoms with Crippen LogP contribution >= 0.6 is 11.3 Å². The molecule has 5 nitrogen and oxygen atoms in total. The molecule has 0 aliphatic rings. The Kier molecular flexibility index (Phi) is 3.13. The fourth-order valence-corrected chi connectivity index (χ4v) is 3.62. The van der Waals surface area contributed by atoms with Gasteiger partial charge in [-0.05, 0) is 6.92 Å². The lowest BCUT2D eigenvalue weighted by atomic mass is 10.6. The summed E-state index contributed by atoms with van der Waals surface area (Å²) in [5.41, 5.74) is 5.91. The third-order valence-electron chi connectivity index (χ3n) is 1.86. The van der Waals surface area contributed by atoms with Gasteiger partial charge in [0.05, 0.1) is 5.69 Å². The summed E-state index contributed by atoms with van der Waals surface area (Å²) in [6.07, 6.45) is 0. The Labute approximate surface area is 87.6 Å². The first-order valence-corrected chi connectivity index (χ1v) is 6.34. The molecule has 2 N–H and O–H groups in total. The zero-order chi connectivity index (χ0) is 10.9. The third-order valence-corrected chi connectivity index (χ3v) is 5.37. The lowest BCUT2D eigenvalue weighted by Crippen LogP contribution is -2.26. The minimum absolute atomic E-state index is 0.236. The molecule has 1 aromatic rings. The molecular weight excluding hydrogens is 222 g/mol. The summed E-state index contributed by atoms with van der Waals surface area (Å²) in [5.74, 6) is 0. The number of aryl methyl sites for hydroxylation is 1. The van der Waals surface area contributed by atoms with Crippen molar-refractivity contribution in [2.75, 3.05) is 19.3 Å². The fourth-order valence-electron chi connectivity index (χ4n) is 0.953. The Bertz CT molecular complexity index is 424. The van der Waals surface area contributed by atoms with Crippen molar-refractivity contribution in [1.82, 2.24) is 9.29 Å². The number of nitrogens with two attached hydrogens (primary N) is 1. The van der Waals surface area contributed by atoms with Gasteiger partial charge in [0, 0.05) is 13.6 Å². The Morgan fingerprint density at radius 2 is 2.14 bits per heavy atom. The van der Waals surface area contributed by atoms with E-state index in [9.17, 15) is 8.42 Å². The molecule has 0 aromatic carbocycles. The first kappa shape index (κ1) is 11.4. The van der Waals surface area contributed by atoms with Crippen molar-refractivity contribution in [3.05, 3.63) is 5.69 Å². The Morgan fingerprint density at radius 3 is 2.50 bits per heavy atom. The van der Waals surface area contributed by atoms with Gasteiger partial charge in [-0.3, -0.25) is 0 Å². The summed E-state index contributed by atoms with van der Waals surface area (Å²) < 4.78 is 25.2. The first-order chi connectivity index (χ1) is 6.39. The van der Waals surface area contributed by atoms with E-state index >= 15 is 0 Å². The van der Waals surface area contributed by atoms with Crippen LogP contribution in [-0.4, -0.2) is 31.3 Å². The van der Waals surface area contributed by atoms with Crippen molar-refractivity contribution in [3.8, 4) is 0 Å². The van der Waals surface area contributed by atoms with Gasteiger partial charge in [-0.15, -0.1) is 0 Å². The van der Waals surface area contributed by atoms with Crippen molar-refractivity contribution < 1.29 is 8.42 Å². The van der Waals surface area contributed by atoms with Gasteiger partial charge < -0.3 is 5.73 Å². The molecule has 80 valence electrons. The summed E-state index contributed by atoms with van der Waals surface area (Å²) in [5, 5.41) is 0.283. The summed E-state index contributed by atoms with van der Waals surface area (Å²) in [6.45, 7) is 3.85. The predicted molar refractivity (Wildman–Crippen MR) is 56.8 cm³/mol. The number of sulfonamides is 1. The van der Waals surface area contributed by atoms with E-state index < -0.39 is 10.0 Å². The molecule has 14 heavy (non-hydrogen) atoms. The second kappa shape index (κ2) is 3.84. The summed E-state index contributed by atoms with van der Waals surface area (Å²) >= 11 is 1.00. The average molecular weight is 235 g/mol. The van der Waals surface area contributed by atoms with E-state index in [1.165, 1.54) is 11.4 Å². The Hall–Kier alpha value is -0.660. The maximum atomic E-state index is 11.8. The zero-order valence-electron chi connectivity index (χ0n) is 8.31. The highest BCUT2D eigenvalue weighted by Crippen LogP contribution is 2.26. The van der Waals surface area contributed by atoms with Crippen LogP contribution in [0, 0.1) is 6.92 Å². The van der Waals surface area contributed by atoms with Gasteiger partial charge in [0.15, 0.2) is 9.34 Å². The van der Waals surface area contributed by atoms with E-state index in [0.29, 0.717) is 12.2 Å². The van der Waals surface area contributed by atoms with Crippen LogP contribution in [0.25, 0.3) is 0 Å². The van der Waals surface area contributed by atoms with Crippen LogP contribution in [0.15, 0.2) is 4.21 Å². The largest absolute Gasteiger partial charge is 0.375 e. The van der Waals surface area contributed by atoms with E-state index in [1.54, 1.807) is 13.8 Å². The number of nitrogens with zero attached hydrogens (tertiary/aromatic N) is 2. The average Bonchev–Trinajstić information content (AvgIpc) is 2.44. The minimum atomic E-state index is -3.39. The van der Waals surface area contributed by atoms with Gasteiger partial charge in [-0.25, -0.2) is 17.7 Å². The third kappa shape index (κ3) is 1.89. The molecule has 1 rings (SSSR count). The number of aromatic nitrogens is 1. The highest BCUT2D eigenvalue weighted by Gasteiger charge is 2.24. The van der Waals surface area contributed by atoms with Gasteiger partial charge in [0.1, 0.15) is 0 Å². The lowest BCUT2D eigenvalue weighted by molar-refractivity contribution is 0.487. The zero-order valence-corrected chi connectivity index (χ0v) is 9.94. The molecule has 0 spiro atoms. The Balaban J connectivity index is 3.23. The van der Waals surface area contributed by atoms with Crippen molar-refractivity contribution >= 4 is 26.5 Å². The molecule has 1 heterocycles. The molecule has 0 fully saturated rings. The van der Waals surface area contributed by atoms with Crippen LogP contribution in [0.2, 0.25) is 0 Å². The van der Waals surface area contributed by atoms with Crippen LogP contribution in [-0.2, 0) is 10.0 Å². The second-order valence-electron chi connectivity index (χ2n) is 2.84. The van der Waals surface area contributed by atoms with Crippen molar-refractivity contribution in [2.24, 2.45) is 0 Å². The number of rotatable bonds is 3. The molecule has 0 amide bonds. The van der Waals surface area contributed by atoms with Gasteiger partial charge in [0.25, 0.3) is 10.0 Å². The number of thiazole rings is 1. The van der Waals surface area contributed by atoms with Crippen molar-refractivity contribution in [1.29, 1.82) is 0 Å². The van der Waals surface area contributed by atoms with Crippen molar-refractivity contribution in [3.63, 3.8) is 0 Å². The monoisotopic (exact) mass is 235 g/mol. The van der Waals surface area contributed by atoms with E-state index in [1.807, 2.05) is 0 Å². The summed E-state index contributed by atoms with van der Waals surface area (Å²) in [6, 6.07) is 0. The molecule has 0 aliphatic carbocycles. The normalized spacial score (nSPS) is 12.3. The lowest BCUT2D eigenvalue weighted by Gasteiger charge is -2.13. The molecule has 0 atom stereocenters. The number of hydrogen-bond acceptors (Lipinski definition) is 5. The smallest absolute Gasteiger partial charge is 0.254 e. The minimum Gasteiger partial charge on any atom is -0.375 e. The number of nitrogen functional groups attached to an aromatic ring is 1. The van der Waals surface area contributed by atoms with Crippen molar-refractivity contribution in [2.45, 2.75) is 18.1 Å². The number of hydrogen-bond donors (Lipinski definition) is 1. The van der Waals surface area contributed by atoms with Crippen LogP contribution in [0.1, 0.15) is 12.6 Å². The molecule has 0 saturated heterocycles. The highest BCUT2D eigenvalue weighted by molar-refractivity contribution is 7.91. The topological polar surface area (TPSA) is 76.3 Å². The quantitative estimate of drug-likeness (QED) is 0.835. The van der Waals surface area contributed by atoms with Crippen LogP contribution in [0.5, 0.6) is 0 Å². The van der Waals surface area contributed by atoms with Crippen LogP contribution in [0.3, 0.4) is 0 Å². The van der Waals surface area contributed by atoms with Gasteiger partial charge in [-0.1, -0.05) is 18.3 Å². The first-order valence-electron chi connectivity index (χ1n) is 4.08. The van der Waals surface area contributed by atoms with E-state index in [0.717, 1.165) is 11.3 Å². The van der Waals surface area contributed by atoms with Gasteiger partial charge >= 0.3 is 0 Å². The van der Waals surface area contributed by atoms with E-state index in [2.05, 4.69) is 4.98 Å². The maximum absolute atomic E-state index is 11.8. The predicted octanol–water partition coefficient (Wildman–Crippen LogP) is 0.674. The van der Waals surface area contributed by atoms with E-state index in [4.69, 9.17) is 5.73 Å². The summed E-state index contributed by atoms with van der Waals surface area (Å²) in [4.78, 5) is 3.88. The second-order valence-corrected chi connectivity index (χ2v) is 6.11. The molecule has 1 aromatic heterocycles. The molecule has 0 unspecified atom stereocenters. The van der Waals surface area contributed by atoms with Crippen LogP contribution in [0.4, 0.5) is 5.13 Å². The fraction of sp³-hybridized carbons (Fsp3) is 0.571. The molecule has 0 saturated carbocycles. The maximum Gasteiger partial charge on any atom is 0.254 e. The van der Waals surface area contributed by atoms with Crippen LogP contribution < -0.4 is 5.73 Å². The standard InChI is InChI=1S/C7H13N3O2S2/c1-4-10(3)14(11,12)6-5(2)9-7(8)13-6/h4H2,1-3H3,(H2,8,9). The van der Waals surface area contributed by atoms with Gasteiger partial charge in [-0.2, -0.15) is 0 Å². The van der Waals surface area contributed by atoms with E-state index in [-0.39, 0.29) is 9.34 Å². The summed E-state index contributed by atoms with van der Waals surface area (Å²) in [7, 11) is -1.86. The molecule has 0 radical (unpaired) electrons. The molecule has 0 bridgehead atoms. The molecular formula is C7H13N3O2S2. The SMILES string of the molecule is CCN(C)S(=O)(=O)c1sc(N)nc1C. The molecule has 0 aliphatic heterocycles. The van der Waals surface area contributed by atoms with Gasteiger partial charge in [0.2, 0.25) is 0 Å². The Morgan fingerprint density at radius 1 is 1.57 bits per heavy atom.